The van der Waals surface area contributed by atoms with E-state index in [-0.39, 0.29) is 11.4 Å². The summed E-state index contributed by atoms with van der Waals surface area (Å²) >= 11 is 0. The number of hydrogen-bond donors (Lipinski definition) is 2. The van der Waals surface area contributed by atoms with Gasteiger partial charge in [-0.3, -0.25) is 0 Å². The minimum Gasteiger partial charge on any atom is -0.493 e. The van der Waals surface area contributed by atoms with Crippen molar-refractivity contribution in [2.24, 2.45) is 0 Å². The minimum atomic E-state index is -3.66. The molecule has 1 aliphatic heterocycles. The van der Waals surface area contributed by atoms with Gasteiger partial charge in [-0.15, -0.1) is 0 Å². The number of benzene rings is 2. The van der Waals surface area contributed by atoms with Crippen LogP contribution in [0.2, 0.25) is 0 Å². The standard InChI is InChI=1S/C18H21NO4S/c1-12-3-4-13(2)18(9-12)24(21,22)19-11-16(20)14-5-6-17-15(10-14)7-8-23-17/h3-6,9-10,16,19-20H,7-8,11H2,1-2H3/t16-/m1/s1. The monoisotopic (exact) mass is 347 g/mol. The molecule has 0 bridgehead atoms. The number of aryl methyl sites for hydroxylation is 2. The molecule has 0 saturated carbocycles. The third-order valence-electron chi connectivity index (χ3n) is 4.20. The molecule has 0 spiro atoms. The Morgan fingerprint density at radius 2 is 2.00 bits per heavy atom. The summed E-state index contributed by atoms with van der Waals surface area (Å²) in [6.45, 7) is 4.17. The molecule has 6 heteroatoms. The quantitative estimate of drug-likeness (QED) is 0.870. The summed E-state index contributed by atoms with van der Waals surface area (Å²) in [5.41, 5.74) is 3.28. The van der Waals surface area contributed by atoms with Crippen molar-refractivity contribution in [3.63, 3.8) is 0 Å². The molecule has 1 atom stereocenters. The molecule has 0 fully saturated rings. The van der Waals surface area contributed by atoms with Crippen molar-refractivity contribution >= 4 is 10.0 Å². The van der Waals surface area contributed by atoms with Gasteiger partial charge in [0.15, 0.2) is 0 Å². The maximum atomic E-state index is 12.5. The minimum absolute atomic E-state index is 0.0740. The third-order valence-corrected chi connectivity index (χ3v) is 5.76. The molecular weight excluding hydrogens is 326 g/mol. The first-order chi connectivity index (χ1) is 11.4. The maximum Gasteiger partial charge on any atom is 0.240 e. The van der Waals surface area contributed by atoms with Crippen molar-refractivity contribution in [3.8, 4) is 5.75 Å². The average molecular weight is 347 g/mol. The number of aliphatic hydroxyl groups is 1. The first-order valence-electron chi connectivity index (χ1n) is 7.87. The Kier molecular flexibility index (Phi) is 4.62. The molecule has 5 nitrogen and oxygen atoms in total. The Morgan fingerprint density at radius 3 is 2.79 bits per heavy atom. The molecule has 2 aromatic carbocycles. The van der Waals surface area contributed by atoms with E-state index in [1.807, 2.05) is 25.1 Å². The molecule has 128 valence electrons. The molecule has 24 heavy (non-hydrogen) atoms. The van der Waals surface area contributed by atoms with Gasteiger partial charge in [0.1, 0.15) is 5.75 Å². The lowest BCUT2D eigenvalue weighted by Crippen LogP contribution is -2.29. The number of fused-ring (bicyclic) bond motifs is 1. The fraction of sp³-hybridized carbons (Fsp3) is 0.333. The van der Waals surface area contributed by atoms with Gasteiger partial charge in [-0.25, -0.2) is 13.1 Å². The Hall–Kier alpha value is -1.89. The van der Waals surface area contributed by atoms with E-state index in [1.54, 1.807) is 25.1 Å². The van der Waals surface area contributed by atoms with Crippen LogP contribution in [0.1, 0.15) is 28.4 Å². The topological polar surface area (TPSA) is 75.6 Å². The second-order valence-electron chi connectivity index (χ2n) is 6.10. The Balaban J connectivity index is 1.73. The predicted molar refractivity (Wildman–Crippen MR) is 91.7 cm³/mol. The number of sulfonamides is 1. The lowest BCUT2D eigenvalue weighted by Gasteiger charge is -2.15. The van der Waals surface area contributed by atoms with Crippen LogP contribution in [-0.2, 0) is 16.4 Å². The molecule has 1 aliphatic rings. The van der Waals surface area contributed by atoms with Crippen LogP contribution in [0.15, 0.2) is 41.3 Å². The molecule has 2 aromatic rings. The van der Waals surface area contributed by atoms with Crippen LogP contribution in [-0.4, -0.2) is 26.7 Å². The lowest BCUT2D eigenvalue weighted by molar-refractivity contribution is 0.182. The fourth-order valence-corrected chi connectivity index (χ4v) is 4.16. The summed E-state index contributed by atoms with van der Waals surface area (Å²) in [6.07, 6.45) is -0.0970. The van der Waals surface area contributed by atoms with Crippen LogP contribution in [0.3, 0.4) is 0 Å². The second-order valence-corrected chi connectivity index (χ2v) is 7.84. The normalized spacial score (nSPS) is 15.0. The van der Waals surface area contributed by atoms with E-state index in [0.29, 0.717) is 17.7 Å². The van der Waals surface area contributed by atoms with Crippen molar-refractivity contribution in [1.82, 2.24) is 4.72 Å². The zero-order valence-electron chi connectivity index (χ0n) is 13.7. The molecule has 3 rings (SSSR count). The molecule has 1 heterocycles. The third kappa shape index (κ3) is 3.45. The molecule has 0 unspecified atom stereocenters. The highest BCUT2D eigenvalue weighted by Crippen LogP contribution is 2.28. The number of ether oxygens (including phenoxy) is 1. The molecule has 0 amide bonds. The molecule has 0 radical (unpaired) electrons. The zero-order chi connectivity index (χ0) is 17.3. The van der Waals surface area contributed by atoms with E-state index < -0.39 is 16.1 Å². The summed E-state index contributed by atoms with van der Waals surface area (Å²) in [5.74, 6) is 0.835. The average Bonchev–Trinajstić information content (AvgIpc) is 3.02. The maximum absolute atomic E-state index is 12.5. The van der Waals surface area contributed by atoms with Crippen molar-refractivity contribution in [2.75, 3.05) is 13.2 Å². The van der Waals surface area contributed by atoms with E-state index in [4.69, 9.17) is 4.74 Å². The van der Waals surface area contributed by atoms with Gasteiger partial charge in [0.25, 0.3) is 0 Å². The van der Waals surface area contributed by atoms with Gasteiger partial charge in [0.2, 0.25) is 10.0 Å². The van der Waals surface area contributed by atoms with E-state index in [0.717, 1.165) is 23.3 Å². The summed E-state index contributed by atoms with van der Waals surface area (Å²) in [5, 5.41) is 10.3. The molecule has 0 aliphatic carbocycles. The summed E-state index contributed by atoms with van der Waals surface area (Å²) in [7, 11) is -3.66. The first kappa shape index (κ1) is 17.0. The smallest absolute Gasteiger partial charge is 0.240 e. The van der Waals surface area contributed by atoms with Crippen molar-refractivity contribution in [3.05, 3.63) is 58.7 Å². The van der Waals surface area contributed by atoms with Gasteiger partial charge in [0.05, 0.1) is 17.6 Å². The first-order valence-corrected chi connectivity index (χ1v) is 9.36. The van der Waals surface area contributed by atoms with E-state index >= 15 is 0 Å². The van der Waals surface area contributed by atoms with Gasteiger partial charge in [-0.2, -0.15) is 0 Å². The molecule has 0 saturated heterocycles. The summed E-state index contributed by atoms with van der Waals surface area (Å²) < 4.78 is 32.9. The molecule has 0 aromatic heterocycles. The van der Waals surface area contributed by atoms with Crippen molar-refractivity contribution in [2.45, 2.75) is 31.3 Å². The van der Waals surface area contributed by atoms with E-state index in [1.165, 1.54) is 0 Å². The van der Waals surface area contributed by atoms with Crippen molar-refractivity contribution < 1.29 is 18.3 Å². The summed E-state index contributed by atoms with van der Waals surface area (Å²) in [6, 6.07) is 10.7. The van der Waals surface area contributed by atoms with Gasteiger partial charge in [-0.1, -0.05) is 18.2 Å². The van der Waals surface area contributed by atoms with Gasteiger partial charge < -0.3 is 9.84 Å². The van der Waals surface area contributed by atoms with Crippen LogP contribution in [0.5, 0.6) is 5.75 Å². The highest BCUT2D eigenvalue weighted by molar-refractivity contribution is 7.89. The van der Waals surface area contributed by atoms with Crippen LogP contribution in [0, 0.1) is 13.8 Å². The molecule has 2 N–H and O–H groups in total. The lowest BCUT2D eigenvalue weighted by atomic mass is 10.0. The second kappa shape index (κ2) is 6.55. The number of hydrogen-bond acceptors (Lipinski definition) is 4. The van der Waals surface area contributed by atoms with Crippen LogP contribution in [0.4, 0.5) is 0 Å². The zero-order valence-corrected chi connectivity index (χ0v) is 14.6. The van der Waals surface area contributed by atoms with Crippen molar-refractivity contribution in [1.29, 1.82) is 0 Å². The number of nitrogens with one attached hydrogen (secondary N) is 1. The number of rotatable bonds is 5. The molecular formula is C18H21NO4S. The van der Waals surface area contributed by atoms with Crippen LogP contribution in [0.25, 0.3) is 0 Å². The highest BCUT2D eigenvalue weighted by atomic mass is 32.2. The highest BCUT2D eigenvalue weighted by Gasteiger charge is 2.20. The van der Waals surface area contributed by atoms with Crippen LogP contribution >= 0.6 is 0 Å². The Bertz CT molecular complexity index is 861. The van der Waals surface area contributed by atoms with Gasteiger partial charge in [0, 0.05) is 13.0 Å². The van der Waals surface area contributed by atoms with Gasteiger partial charge in [-0.05, 0) is 54.3 Å². The Labute approximate surface area is 142 Å². The van der Waals surface area contributed by atoms with Gasteiger partial charge >= 0.3 is 0 Å². The largest absolute Gasteiger partial charge is 0.493 e. The SMILES string of the molecule is Cc1ccc(C)c(S(=O)(=O)NC[C@@H](O)c2ccc3c(c2)CCO3)c1. The van der Waals surface area contributed by atoms with E-state index in [2.05, 4.69) is 4.72 Å². The predicted octanol–water partition coefficient (Wildman–Crippen LogP) is 2.25. The summed E-state index contributed by atoms with van der Waals surface area (Å²) in [4.78, 5) is 0.247. The Morgan fingerprint density at radius 1 is 1.21 bits per heavy atom. The van der Waals surface area contributed by atoms with E-state index in [9.17, 15) is 13.5 Å². The number of aliphatic hydroxyl groups excluding tert-OH is 1. The van der Waals surface area contributed by atoms with Crippen LogP contribution < -0.4 is 9.46 Å². The fourth-order valence-electron chi connectivity index (χ4n) is 2.79.